The van der Waals surface area contributed by atoms with Crippen LogP contribution < -0.4 is 33.2 Å². The third-order valence-corrected chi connectivity index (χ3v) is 6.71. The lowest BCUT2D eigenvalue weighted by Crippen LogP contribution is -2.30. The number of carbonyl (C=O) groups is 1. The van der Waals surface area contributed by atoms with Crippen molar-refractivity contribution in [3.05, 3.63) is 95.6 Å². The average Bonchev–Trinajstić information content (AvgIpc) is 2.83. The van der Waals surface area contributed by atoms with Crippen LogP contribution in [-0.4, -0.2) is 15.0 Å². The summed E-state index contributed by atoms with van der Waals surface area (Å²) in [5.74, 6) is -2.37. The number of carbonyl (C=O) groups excluding carboxylic acids is 1. The highest BCUT2D eigenvalue weighted by Crippen LogP contribution is 2.39. The number of primary amides is 1. The standard InChI is InChI=1S/C25H20Br2F2N6O3/c1-34-10-15(30)22(33-17-6-4-12(27)8-14(17)29)21(25(34)38)20-18(9-19(36)35(2)23(20)24(31)37)32-16-5-3-11(26)7-13(16)28/h3-10,32-33H,30H2,1-2H3,(H2,31,37). The monoisotopic (exact) mass is 648 g/mol. The molecule has 2 aromatic carbocycles. The normalized spacial score (nSPS) is 10.9. The molecule has 0 saturated carbocycles. The topological polar surface area (TPSA) is 137 Å². The lowest BCUT2D eigenvalue weighted by atomic mass is 9.99. The Morgan fingerprint density at radius 3 is 1.95 bits per heavy atom. The molecule has 13 heteroatoms. The number of anilines is 5. The molecule has 4 rings (SSSR count). The highest BCUT2D eigenvalue weighted by atomic mass is 79.9. The molecule has 0 aliphatic heterocycles. The average molecular weight is 650 g/mol. The third kappa shape index (κ3) is 5.07. The molecule has 0 unspecified atom stereocenters. The second kappa shape index (κ2) is 10.4. The predicted octanol–water partition coefficient (Wildman–Crippen LogP) is 4.72. The van der Waals surface area contributed by atoms with Crippen LogP contribution in [0, 0.1) is 11.6 Å². The molecule has 6 N–H and O–H groups in total. The van der Waals surface area contributed by atoms with Gasteiger partial charge in [0.25, 0.3) is 17.0 Å². The summed E-state index contributed by atoms with van der Waals surface area (Å²) in [7, 11) is 2.73. The number of amides is 1. The first-order chi connectivity index (χ1) is 17.9. The first-order valence-corrected chi connectivity index (χ1v) is 12.4. The molecule has 9 nitrogen and oxygen atoms in total. The summed E-state index contributed by atoms with van der Waals surface area (Å²) in [6.45, 7) is 0. The smallest absolute Gasteiger partial charge is 0.266 e. The summed E-state index contributed by atoms with van der Waals surface area (Å²) in [5, 5.41) is 5.62. The summed E-state index contributed by atoms with van der Waals surface area (Å²) in [6.07, 6.45) is 1.32. The Morgan fingerprint density at radius 2 is 1.42 bits per heavy atom. The van der Waals surface area contributed by atoms with Crippen molar-refractivity contribution in [1.82, 2.24) is 9.13 Å². The molecule has 0 bridgehead atoms. The molecule has 196 valence electrons. The molecule has 4 aromatic rings. The molecule has 38 heavy (non-hydrogen) atoms. The van der Waals surface area contributed by atoms with Gasteiger partial charge in [-0.2, -0.15) is 0 Å². The maximum Gasteiger partial charge on any atom is 0.266 e. The fraction of sp³-hybridized carbons (Fsp3) is 0.0800. The largest absolute Gasteiger partial charge is 0.396 e. The number of aryl methyl sites for hydroxylation is 1. The molecule has 2 aromatic heterocycles. The van der Waals surface area contributed by atoms with Crippen LogP contribution in [0.5, 0.6) is 0 Å². The summed E-state index contributed by atoms with van der Waals surface area (Å²) in [6, 6.07) is 9.46. The number of nitrogens with one attached hydrogen (secondary N) is 2. The van der Waals surface area contributed by atoms with Gasteiger partial charge in [0.1, 0.15) is 17.3 Å². The van der Waals surface area contributed by atoms with Crippen LogP contribution in [0.25, 0.3) is 11.1 Å². The molecule has 2 heterocycles. The van der Waals surface area contributed by atoms with Crippen molar-refractivity contribution in [1.29, 1.82) is 0 Å². The van der Waals surface area contributed by atoms with E-state index in [1.165, 1.54) is 44.6 Å². The van der Waals surface area contributed by atoms with E-state index in [9.17, 15) is 23.2 Å². The molecular formula is C25H20Br2F2N6O3. The van der Waals surface area contributed by atoms with Gasteiger partial charge in [-0.3, -0.25) is 14.4 Å². The number of rotatable bonds is 6. The van der Waals surface area contributed by atoms with Gasteiger partial charge in [0.05, 0.1) is 34.0 Å². The highest BCUT2D eigenvalue weighted by molar-refractivity contribution is 9.10. The van der Waals surface area contributed by atoms with Gasteiger partial charge < -0.3 is 31.2 Å². The summed E-state index contributed by atoms with van der Waals surface area (Å²) < 4.78 is 32.6. The molecule has 0 aliphatic carbocycles. The molecule has 0 saturated heterocycles. The summed E-state index contributed by atoms with van der Waals surface area (Å²) in [5.41, 5.74) is 9.77. The Hall–Kier alpha value is -3.97. The molecule has 0 fully saturated rings. The van der Waals surface area contributed by atoms with Crippen molar-refractivity contribution in [3.8, 4) is 11.1 Å². The van der Waals surface area contributed by atoms with Gasteiger partial charge in [-0.1, -0.05) is 31.9 Å². The van der Waals surface area contributed by atoms with Crippen molar-refractivity contribution in [2.75, 3.05) is 16.4 Å². The lowest BCUT2D eigenvalue weighted by Gasteiger charge is -2.22. The van der Waals surface area contributed by atoms with E-state index in [0.29, 0.717) is 8.95 Å². The van der Waals surface area contributed by atoms with Crippen molar-refractivity contribution in [2.45, 2.75) is 0 Å². The summed E-state index contributed by atoms with van der Waals surface area (Å²) >= 11 is 6.37. The SMILES string of the molecule is Cn1cc(N)c(Nc2ccc(Br)cc2F)c(-c2c(Nc3ccc(Br)cc3F)cc(=O)n(C)c2C(N)=O)c1=O. The molecule has 0 radical (unpaired) electrons. The van der Waals surface area contributed by atoms with E-state index < -0.39 is 28.7 Å². The van der Waals surface area contributed by atoms with E-state index in [1.807, 2.05) is 0 Å². The number of hydrogen-bond donors (Lipinski definition) is 4. The zero-order chi connectivity index (χ0) is 27.9. The van der Waals surface area contributed by atoms with Crippen LogP contribution in [0.4, 0.5) is 37.2 Å². The van der Waals surface area contributed by atoms with Gasteiger partial charge in [0, 0.05) is 40.9 Å². The van der Waals surface area contributed by atoms with Gasteiger partial charge in [-0.05, 0) is 36.4 Å². The minimum absolute atomic E-state index is 0.0201. The van der Waals surface area contributed by atoms with Crippen LogP contribution in [0.3, 0.4) is 0 Å². The predicted molar refractivity (Wildman–Crippen MR) is 150 cm³/mol. The lowest BCUT2D eigenvalue weighted by molar-refractivity contribution is 0.0992. The van der Waals surface area contributed by atoms with Crippen LogP contribution in [0.1, 0.15) is 10.5 Å². The van der Waals surface area contributed by atoms with Gasteiger partial charge in [-0.15, -0.1) is 0 Å². The zero-order valence-electron chi connectivity index (χ0n) is 19.9. The van der Waals surface area contributed by atoms with Crippen LogP contribution in [0.15, 0.2) is 67.2 Å². The fourth-order valence-corrected chi connectivity index (χ4v) is 4.59. The first-order valence-electron chi connectivity index (χ1n) is 10.9. The van der Waals surface area contributed by atoms with Crippen LogP contribution in [0.2, 0.25) is 0 Å². The second-order valence-corrected chi connectivity index (χ2v) is 10.1. The highest BCUT2D eigenvalue weighted by Gasteiger charge is 2.27. The number of pyridine rings is 2. The summed E-state index contributed by atoms with van der Waals surface area (Å²) in [4.78, 5) is 39.0. The van der Waals surface area contributed by atoms with E-state index in [4.69, 9.17) is 11.5 Å². The molecule has 0 spiro atoms. The van der Waals surface area contributed by atoms with Gasteiger partial charge in [-0.25, -0.2) is 8.78 Å². The van der Waals surface area contributed by atoms with Gasteiger partial charge >= 0.3 is 0 Å². The molecule has 0 atom stereocenters. The maximum absolute atomic E-state index is 14.8. The number of halogens is 4. The Balaban J connectivity index is 2.09. The van der Waals surface area contributed by atoms with Crippen LogP contribution in [-0.2, 0) is 14.1 Å². The van der Waals surface area contributed by atoms with Crippen molar-refractivity contribution >= 4 is 66.2 Å². The minimum atomic E-state index is -1.04. The van der Waals surface area contributed by atoms with Gasteiger partial charge in [0.15, 0.2) is 0 Å². The van der Waals surface area contributed by atoms with E-state index in [0.717, 1.165) is 15.2 Å². The number of hydrogen-bond acceptors (Lipinski definition) is 6. The van der Waals surface area contributed by atoms with Gasteiger partial charge in [0.2, 0.25) is 0 Å². The van der Waals surface area contributed by atoms with Crippen molar-refractivity contribution < 1.29 is 13.6 Å². The fourth-order valence-electron chi connectivity index (χ4n) is 3.93. The second-order valence-electron chi connectivity index (χ2n) is 8.29. The minimum Gasteiger partial charge on any atom is -0.396 e. The number of nitrogen functional groups attached to an aromatic ring is 1. The number of benzene rings is 2. The Kier molecular flexibility index (Phi) is 7.42. The number of nitrogens with zero attached hydrogens (tertiary/aromatic N) is 2. The Bertz CT molecular complexity index is 1740. The maximum atomic E-state index is 14.8. The Labute approximate surface area is 231 Å². The van der Waals surface area contributed by atoms with Crippen molar-refractivity contribution in [2.24, 2.45) is 19.8 Å². The van der Waals surface area contributed by atoms with Crippen LogP contribution >= 0.6 is 31.9 Å². The van der Waals surface area contributed by atoms with Crippen molar-refractivity contribution in [3.63, 3.8) is 0 Å². The van der Waals surface area contributed by atoms with E-state index in [-0.39, 0.29) is 45.3 Å². The van der Waals surface area contributed by atoms with E-state index in [2.05, 4.69) is 42.5 Å². The van der Waals surface area contributed by atoms with E-state index >= 15 is 0 Å². The Morgan fingerprint density at radius 1 is 0.868 bits per heavy atom. The molecular weight excluding hydrogens is 630 g/mol. The van der Waals surface area contributed by atoms with E-state index in [1.54, 1.807) is 12.1 Å². The first kappa shape index (κ1) is 27.1. The number of nitrogens with two attached hydrogens (primary N) is 2. The third-order valence-electron chi connectivity index (χ3n) is 5.72. The molecule has 1 amide bonds. The quantitative estimate of drug-likeness (QED) is 0.239. The molecule has 0 aliphatic rings. The number of aromatic nitrogens is 2. The zero-order valence-corrected chi connectivity index (χ0v) is 23.1.